The van der Waals surface area contributed by atoms with Gasteiger partial charge in [0.2, 0.25) is 0 Å². The molecule has 0 fully saturated rings. The van der Waals surface area contributed by atoms with E-state index < -0.39 is 5.97 Å². The summed E-state index contributed by atoms with van der Waals surface area (Å²) >= 11 is 0. The highest BCUT2D eigenvalue weighted by molar-refractivity contribution is 5.92. The Kier molecular flexibility index (Phi) is 5.68. The molecule has 0 saturated heterocycles. The van der Waals surface area contributed by atoms with Crippen LogP contribution in [-0.2, 0) is 4.74 Å². The number of nitrogens with zero attached hydrogens (tertiary/aromatic N) is 2. The average Bonchev–Trinajstić information content (AvgIpc) is 2.71. The van der Waals surface area contributed by atoms with Gasteiger partial charge in [-0.2, -0.15) is 0 Å². The first kappa shape index (κ1) is 14.5. The van der Waals surface area contributed by atoms with Gasteiger partial charge in [-0.05, 0) is 20.3 Å². The molecule has 0 radical (unpaired) electrons. The van der Waals surface area contributed by atoms with Gasteiger partial charge in [0.25, 0.3) is 0 Å². The van der Waals surface area contributed by atoms with Gasteiger partial charge in [0, 0.05) is 6.04 Å². The minimum absolute atomic E-state index is 0.221. The van der Waals surface area contributed by atoms with Crippen molar-refractivity contribution >= 4 is 11.8 Å². The van der Waals surface area contributed by atoms with Crippen LogP contribution in [0.3, 0.4) is 0 Å². The van der Waals surface area contributed by atoms with E-state index in [9.17, 15) is 4.79 Å². The quantitative estimate of drug-likeness (QED) is 0.599. The van der Waals surface area contributed by atoms with Crippen molar-refractivity contribution in [2.45, 2.75) is 52.5 Å². The zero-order chi connectivity index (χ0) is 13.5. The van der Waals surface area contributed by atoms with E-state index in [-0.39, 0.29) is 11.7 Å². The Balaban J connectivity index is 2.70. The molecule has 5 nitrogen and oxygen atoms in total. The number of hydrogen-bond donors (Lipinski definition) is 1. The Morgan fingerprint density at radius 2 is 2.22 bits per heavy atom. The summed E-state index contributed by atoms with van der Waals surface area (Å²) in [6.45, 7) is 6.35. The van der Waals surface area contributed by atoms with Gasteiger partial charge in [-0.25, -0.2) is 9.78 Å². The number of anilines is 1. The Morgan fingerprint density at radius 3 is 2.83 bits per heavy atom. The van der Waals surface area contributed by atoms with Gasteiger partial charge >= 0.3 is 5.97 Å². The Hall–Kier alpha value is -1.52. The summed E-state index contributed by atoms with van der Waals surface area (Å²) in [7, 11) is 0. The van der Waals surface area contributed by atoms with Crippen LogP contribution in [0.5, 0.6) is 0 Å². The molecule has 18 heavy (non-hydrogen) atoms. The SMILES string of the molecule is CCCCCC(C)n1cnc(C(=O)OCC)c1N. The van der Waals surface area contributed by atoms with Crippen molar-refractivity contribution in [2.24, 2.45) is 0 Å². The highest BCUT2D eigenvalue weighted by atomic mass is 16.5. The van der Waals surface area contributed by atoms with Crippen LogP contribution in [0.2, 0.25) is 0 Å². The first-order chi connectivity index (χ1) is 8.61. The molecule has 1 atom stereocenters. The van der Waals surface area contributed by atoms with Crippen molar-refractivity contribution in [1.82, 2.24) is 9.55 Å². The van der Waals surface area contributed by atoms with E-state index in [0.29, 0.717) is 12.4 Å². The number of carbonyl (C=O) groups is 1. The molecule has 5 heteroatoms. The van der Waals surface area contributed by atoms with Crippen molar-refractivity contribution < 1.29 is 9.53 Å². The fourth-order valence-electron chi connectivity index (χ4n) is 1.91. The molecule has 1 rings (SSSR count). The monoisotopic (exact) mass is 253 g/mol. The lowest BCUT2D eigenvalue weighted by molar-refractivity contribution is 0.0521. The summed E-state index contributed by atoms with van der Waals surface area (Å²) in [5.74, 6) is -0.0491. The molecule has 1 aromatic heterocycles. The van der Waals surface area contributed by atoms with E-state index in [1.165, 1.54) is 12.8 Å². The molecule has 2 N–H and O–H groups in total. The van der Waals surface area contributed by atoms with Crippen LogP contribution in [-0.4, -0.2) is 22.1 Å². The third-order valence-electron chi connectivity index (χ3n) is 3.00. The van der Waals surface area contributed by atoms with Gasteiger partial charge in [-0.3, -0.25) is 0 Å². The van der Waals surface area contributed by atoms with E-state index in [1.807, 2.05) is 4.57 Å². The zero-order valence-corrected chi connectivity index (χ0v) is 11.5. The fraction of sp³-hybridized carbons (Fsp3) is 0.692. The highest BCUT2D eigenvalue weighted by Crippen LogP contribution is 2.21. The Morgan fingerprint density at radius 1 is 1.50 bits per heavy atom. The normalized spacial score (nSPS) is 12.4. The molecule has 0 bridgehead atoms. The van der Waals surface area contributed by atoms with Crippen LogP contribution in [0.1, 0.15) is 63.0 Å². The molecule has 0 aromatic carbocycles. The fourth-order valence-corrected chi connectivity index (χ4v) is 1.91. The molecule has 1 unspecified atom stereocenters. The van der Waals surface area contributed by atoms with Gasteiger partial charge in [0.05, 0.1) is 12.9 Å². The third-order valence-corrected chi connectivity index (χ3v) is 3.00. The minimum atomic E-state index is -0.450. The maximum absolute atomic E-state index is 11.6. The van der Waals surface area contributed by atoms with Gasteiger partial charge < -0.3 is 15.0 Å². The first-order valence-corrected chi connectivity index (χ1v) is 6.61. The molecule has 0 aliphatic carbocycles. The molecule has 1 aromatic rings. The smallest absolute Gasteiger partial charge is 0.360 e. The standard InChI is InChI=1S/C13H23N3O2/c1-4-6-7-8-10(3)16-9-15-11(12(16)14)13(17)18-5-2/h9-10H,4-8,14H2,1-3H3. The summed E-state index contributed by atoms with van der Waals surface area (Å²) in [6.07, 6.45) is 6.22. The zero-order valence-electron chi connectivity index (χ0n) is 11.5. The second-order valence-electron chi connectivity index (χ2n) is 4.45. The largest absolute Gasteiger partial charge is 0.461 e. The summed E-state index contributed by atoms with van der Waals surface area (Å²) in [4.78, 5) is 15.6. The highest BCUT2D eigenvalue weighted by Gasteiger charge is 2.18. The van der Waals surface area contributed by atoms with Crippen LogP contribution < -0.4 is 5.73 Å². The molecule has 0 aliphatic rings. The molecule has 0 aliphatic heterocycles. The predicted octanol–water partition coefficient (Wildman–Crippen LogP) is 2.78. The van der Waals surface area contributed by atoms with Crippen molar-refractivity contribution in [2.75, 3.05) is 12.3 Å². The van der Waals surface area contributed by atoms with Crippen LogP contribution in [0.4, 0.5) is 5.82 Å². The van der Waals surface area contributed by atoms with Crippen molar-refractivity contribution in [1.29, 1.82) is 0 Å². The van der Waals surface area contributed by atoms with E-state index >= 15 is 0 Å². The maximum Gasteiger partial charge on any atom is 0.360 e. The lowest BCUT2D eigenvalue weighted by atomic mass is 10.1. The van der Waals surface area contributed by atoms with E-state index in [4.69, 9.17) is 10.5 Å². The van der Waals surface area contributed by atoms with E-state index in [1.54, 1.807) is 13.3 Å². The van der Waals surface area contributed by atoms with Crippen molar-refractivity contribution in [3.05, 3.63) is 12.0 Å². The van der Waals surface area contributed by atoms with E-state index in [0.717, 1.165) is 12.8 Å². The van der Waals surface area contributed by atoms with Crippen molar-refractivity contribution in [3.63, 3.8) is 0 Å². The number of rotatable bonds is 7. The average molecular weight is 253 g/mol. The van der Waals surface area contributed by atoms with Gasteiger partial charge in [-0.1, -0.05) is 26.2 Å². The van der Waals surface area contributed by atoms with Gasteiger partial charge in [-0.15, -0.1) is 0 Å². The van der Waals surface area contributed by atoms with Crippen LogP contribution in [0.15, 0.2) is 6.33 Å². The van der Waals surface area contributed by atoms with Gasteiger partial charge in [0.15, 0.2) is 5.69 Å². The van der Waals surface area contributed by atoms with Crippen molar-refractivity contribution in [3.8, 4) is 0 Å². The number of esters is 1. The Labute approximate surface area is 108 Å². The number of aromatic nitrogens is 2. The molecule has 1 heterocycles. The number of carbonyl (C=O) groups excluding carboxylic acids is 1. The maximum atomic E-state index is 11.6. The second kappa shape index (κ2) is 7.03. The van der Waals surface area contributed by atoms with Crippen LogP contribution in [0.25, 0.3) is 0 Å². The number of hydrogen-bond acceptors (Lipinski definition) is 4. The summed E-state index contributed by atoms with van der Waals surface area (Å²) in [5.41, 5.74) is 6.16. The second-order valence-corrected chi connectivity index (χ2v) is 4.45. The number of nitrogens with two attached hydrogens (primary N) is 1. The number of unbranched alkanes of at least 4 members (excludes halogenated alkanes) is 2. The van der Waals surface area contributed by atoms with E-state index in [2.05, 4.69) is 18.8 Å². The van der Waals surface area contributed by atoms with Gasteiger partial charge in [0.1, 0.15) is 5.82 Å². The molecule has 0 amide bonds. The summed E-state index contributed by atoms with van der Waals surface area (Å²) in [5, 5.41) is 0. The first-order valence-electron chi connectivity index (χ1n) is 6.61. The molecular formula is C13H23N3O2. The molecule has 0 saturated carbocycles. The molecule has 0 spiro atoms. The summed E-state index contributed by atoms with van der Waals surface area (Å²) < 4.78 is 6.75. The molecule has 102 valence electrons. The number of imidazole rings is 1. The van der Waals surface area contributed by atoms with Crippen LogP contribution in [0, 0.1) is 0 Å². The van der Waals surface area contributed by atoms with Crippen LogP contribution >= 0.6 is 0 Å². The summed E-state index contributed by atoms with van der Waals surface area (Å²) in [6, 6.07) is 0.257. The topological polar surface area (TPSA) is 70.1 Å². The lowest BCUT2D eigenvalue weighted by Crippen LogP contribution is -2.12. The minimum Gasteiger partial charge on any atom is -0.461 e. The third kappa shape index (κ3) is 3.48. The molecular weight excluding hydrogens is 230 g/mol. The predicted molar refractivity (Wildman–Crippen MR) is 71.4 cm³/mol. The lowest BCUT2D eigenvalue weighted by Gasteiger charge is -2.14. The Bertz CT molecular complexity index is 388. The number of nitrogen functional groups attached to an aromatic ring is 1. The number of ether oxygens (including phenoxy) is 1.